The van der Waals surface area contributed by atoms with E-state index < -0.39 is 0 Å². The van der Waals surface area contributed by atoms with Gasteiger partial charge in [0.25, 0.3) is 0 Å². The summed E-state index contributed by atoms with van der Waals surface area (Å²) in [6, 6.07) is 0. The van der Waals surface area contributed by atoms with Crippen molar-refractivity contribution in [1.29, 1.82) is 0 Å². The van der Waals surface area contributed by atoms with Crippen LogP contribution in [0.25, 0.3) is 0 Å². The van der Waals surface area contributed by atoms with E-state index in [1.165, 1.54) is 6.26 Å². The molecule has 36 valence electrons. The van der Waals surface area contributed by atoms with Crippen molar-refractivity contribution < 1.29 is 4.84 Å². The highest BCUT2D eigenvalue weighted by molar-refractivity contribution is 4.43. The smallest absolute Gasteiger partial charge is 0.104 e. The van der Waals surface area contributed by atoms with Crippen LogP contribution in [0.1, 0.15) is 0 Å². The normalized spacial score (nSPS) is 7.50. The Morgan fingerprint density at radius 2 is 2.67 bits per heavy atom. The van der Waals surface area contributed by atoms with E-state index >= 15 is 0 Å². The zero-order chi connectivity index (χ0) is 4.83. The Balaban J connectivity index is 2.49. The lowest BCUT2D eigenvalue weighted by Gasteiger charge is -1.93. The molecule has 0 radical (unpaired) electrons. The summed E-state index contributed by atoms with van der Waals surface area (Å²) in [6.45, 7) is 3.57. The summed E-state index contributed by atoms with van der Waals surface area (Å²) < 4.78 is 0. The van der Waals surface area contributed by atoms with E-state index in [0.29, 0.717) is 6.67 Å². The van der Waals surface area contributed by atoms with Crippen LogP contribution in [0.3, 0.4) is 0 Å². The van der Waals surface area contributed by atoms with Crippen LogP contribution in [0.2, 0.25) is 0 Å². The number of rotatable bonds is 3. The number of hydrogen-bond donors (Lipinski definition) is 2. The molecule has 0 saturated heterocycles. The van der Waals surface area contributed by atoms with Crippen molar-refractivity contribution in [1.82, 2.24) is 5.48 Å². The molecule has 0 aliphatic heterocycles. The van der Waals surface area contributed by atoms with Crippen LogP contribution in [0.4, 0.5) is 0 Å². The molecule has 0 saturated carbocycles. The van der Waals surface area contributed by atoms with E-state index in [9.17, 15) is 0 Å². The first kappa shape index (κ1) is 5.46. The molecule has 0 aromatic rings. The van der Waals surface area contributed by atoms with Gasteiger partial charge >= 0.3 is 0 Å². The van der Waals surface area contributed by atoms with Crippen molar-refractivity contribution in [2.24, 2.45) is 5.73 Å². The van der Waals surface area contributed by atoms with Gasteiger partial charge in [0.2, 0.25) is 0 Å². The lowest BCUT2D eigenvalue weighted by molar-refractivity contribution is 0.138. The van der Waals surface area contributed by atoms with Crippen LogP contribution in [-0.4, -0.2) is 6.67 Å². The Bertz CT molecular complexity index is 37.8. The molecule has 0 bridgehead atoms. The fraction of sp³-hybridized carbons (Fsp3) is 0.333. The second-order valence-electron chi connectivity index (χ2n) is 0.633. The zero-order valence-electron chi connectivity index (χ0n) is 3.48. The van der Waals surface area contributed by atoms with Gasteiger partial charge in [-0.2, -0.15) is 0 Å². The summed E-state index contributed by atoms with van der Waals surface area (Å²) in [6.07, 6.45) is 1.27. The summed E-state index contributed by atoms with van der Waals surface area (Å²) in [5, 5.41) is 0. The maximum absolute atomic E-state index is 4.93. The third-order valence-electron chi connectivity index (χ3n) is 0.250. The maximum atomic E-state index is 4.93. The molecule has 0 aliphatic carbocycles. The van der Waals surface area contributed by atoms with Crippen molar-refractivity contribution in [3.05, 3.63) is 12.8 Å². The lowest BCUT2D eigenvalue weighted by Crippen LogP contribution is -2.19. The molecular formula is C3H8N2O. The SMILES string of the molecule is C=CONCN. The molecule has 0 fully saturated rings. The van der Waals surface area contributed by atoms with Gasteiger partial charge in [-0.05, 0) is 0 Å². The molecule has 3 N–H and O–H groups in total. The minimum absolute atomic E-state index is 0.312. The van der Waals surface area contributed by atoms with Crippen molar-refractivity contribution in [2.45, 2.75) is 0 Å². The number of hydrogen-bond acceptors (Lipinski definition) is 3. The molecule has 0 aromatic heterocycles. The van der Waals surface area contributed by atoms with Crippen LogP contribution in [0.5, 0.6) is 0 Å². The Kier molecular flexibility index (Phi) is 4.06. The first-order chi connectivity index (χ1) is 2.91. The lowest BCUT2D eigenvalue weighted by atomic mass is 11.2. The molecular weight excluding hydrogens is 80.0 g/mol. The molecule has 6 heavy (non-hydrogen) atoms. The first-order valence-electron chi connectivity index (χ1n) is 1.61. The van der Waals surface area contributed by atoms with Crippen molar-refractivity contribution >= 4 is 0 Å². The first-order valence-corrected chi connectivity index (χ1v) is 1.61. The molecule has 0 rings (SSSR count). The summed E-state index contributed by atoms with van der Waals surface area (Å²) in [4.78, 5) is 4.37. The highest BCUT2D eigenvalue weighted by Crippen LogP contribution is 1.55. The van der Waals surface area contributed by atoms with Crippen LogP contribution in [-0.2, 0) is 4.84 Å². The Labute approximate surface area is 36.7 Å². The van der Waals surface area contributed by atoms with Crippen molar-refractivity contribution in [3.8, 4) is 0 Å². The maximum Gasteiger partial charge on any atom is 0.104 e. The molecule has 3 heteroatoms. The standard InChI is InChI=1S/C3H8N2O/c1-2-6-5-3-4/h2,5H,1,3-4H2. The molecule has 0 unspecified atom stereocenters. The highest BCUT2D eigenvalue weighted by Gasteiger charge is 1.63. The molecule has 0 aliphatic rings. The minimum Gasteiger partial charge on any atom is -0.416 e. The van der Waals surface area contributed by atoms with Gasteiger partial charge in [-0.3, -0.25) is 0 Å². The summed E-state index contributed by atoms with van der Waals surface area (Å²) in [5.74, 6) is 0. The van der Waals surface area contributed by atoms with E-state index in [1.807, 2.05) is 0 Å². The zero-order valence-corrected chi connectivity index (χ0v) is 3.48. The average molecular weight is 88.1 g/mol. The van der Waals surface area contributed by atoms with E-state index in [1.54, 1.807) is 0 Å². The average Bonchev–Trinajstić information content (AvgIpc) is 1.61. The molecule has 0 spiro atoms. The van der Waals surface area contributed by atoms with E-state index in [2.05, 4.69) is 16.9 Å². The third kappa shape index (κ3) is 3.46. The van der Waals surface area contributed by atoms with Crippen LogP contribution in [0, 0.1) is 0 Å². The van der Waals surface area contributed by atoms with Crippen LogP contribution >= 0.6 is 0 Å². The predicted molar refractivity (Wildman–Crippen MR) is 23.5 cm³/mol. The third-order valence-corrected chi connectivity index (χ3v) is 0.250. The van der Waals surface area contributed by atoms with Gasteiger partial charge in [0.1, 0.15) is 6.26 Å². The molecule has 0 amide bonds. The van der Waals surface area contributed by atoms with Crippen LogP contribution in [0.15, 0.2) is 12.8 Å². The van der Waals surface area contributed by atoms with Gasteiger partial charge in [-0.1, -0.05) is 6.58 Å². The van der Waals surface area contributed by atoms with E-state index in [0.717, 1.165) is 0 Å². The Hall–Kier alpha value is -0.540. The predicted octanol–water partition coefficient (Wildman–Crippen LogP) is -0.433. The summed E-state index contributed by atoms with van der Waals surface area (Å²) in [7, 11) is 0. The van der Waals surface area contributed by atoms with Gasteiger partial charge in [-0.15, -0.1) is 5.48 Å². The fourth-order valence-corrected chi connectivity index (χ4v) is 0.107. The summed E-state index contributed by atoms with van der Waals surface area (Å²) in [5.41, 5.74) is 7.29. The quantitative estimate of drug-likeness (QED) is 0.213. The molecule has 0 heterocycles. The van der Waals surface area contributed by atoms with Gasteiger partial charge < -0.3 is 10.6 Å². The fourth-order valence-electron chi connectivity index (χ4n) is 0.107. The van der Waals surface area contributed by atoms with Gasteiger partial charge in [0.15, 0.2) is 0 Å². The number of hydroxylamine groups is 1. The number of nitrogens with one attached hydrogen (secondary N) is 1. The number of nitrogens with two attached hydrogens (primary N) is 1. The molecule has 3 nitrogen and oxygen atoms in total. The van der Waals surface area contributed by atoms with Crippen molar-refractivity contribution in [2.75, 3.05) is 6.67 Å². The van der Waals surface area contributed by atoms with Gasteiger partial charge in [0, 0.05) is 0 Å². The van der Waals surface area contributed by atoms with Crippen molar-refractivity contribution in [3.63, 3.8) is 0 Å². The molecule has 0 aromatic carbocycles. The van der Waals surface area contributed by atoms with Gasteiger partial charge in [0.05, 0.1) is 6.67 Å². The second-order valence-corrected chi connectivity index (χ2v) is 0.633. The molecule has 0 atom stereocenters. The largest absolute Gasteiger partial charge is 0.416 e. The highest BCUT2D eigenvalue weighted by atomic mass is 16.6. The topological polar surface area (TPSA) is 47.3 Å². The monoisotopic (exact) mass is 88.1 g/mol. The second kappa shape index (κ2) is 4.46. The van der Waals surface area contributed by atoms with E-state index in [-0.39, 0.29) is 0 Å². The minimum atomic E-state index is 0.312. The Morgan fingerprint density at radius 1 is 2.00 bits per heavy atom. The van der Waals surface area contributed by atoms with E-state index in [4.69, 9.17) is 5.73 Å². The van der Waals surface area contributed by atoms with Crippen LogP contribution < -0.4 is 11.2 Å². The summed E-state index contributed by atoms with van der Waals surface area (Å²) >= 11 is 0. The van der Waals surface area contributed by atoms with Gasteiger partial charge in [-0.25, -0.2) is 0 Å². The Morgan fingerprint density at radius 3 is 2.83 bits per heavy atom.